The van der Waals surface area contributed by atoms with E-state index < -0.39 is 0 Å². The molecule has 2 aliphatic rings. The number of likely N-dealkylation sites (tertiary alicyclic amines) is 1. The maximum absolute atomic E-state index is 11.1. The molecule has 102 valence electrons. The van der Waals surface area contributed by atoms with Crippen molar-refractivity contribution in [3.8, 4) is 0 Å². The number of nitro groups is 1. The van der Waals surface area contributed by atoms with Crippen LogP contribution in [0.4, 0.5) is 11.4 Å². The summed E-state index contributed by atoms with van der Waals surface area (Å²) in [5, 5.41) is 11.1. The minimum atomic E-state index is -0.279. The lowest BCUT2D eigenvalue weighted by molar-refractivity contribution is -0.384. The fourth-order valence-electron chi connectivity index (χ4n) is 3.25. The van der Waals surface area contributed by atoms with Crippen LogP contribution in [0.15, 0.2) is 24.3 Å². The molecule has 0 amide bonds. The maximum Gasteiger partial charge on any atom is 0.292 e. The second-order valence-electron chi connectivity index (χ2n) is 5.38. The van der Waals surface area contributed by atoms with E-state index in [9.17, 15) is 10.1 Å². The van der Waals surface area contributed by atoms with Crippen molar-refractivity contribution in [1.29, 1.82) is 0 Å². The van der Waals surface area contributed by atoms with Crippen LogP contribution in [-0.4, -0.2) is 42.0 Å². The number of hydrogen-bond donors (Lipinski definition) is 0. The highest BCUT2D eigenvalue weighted by Crippen LogP contribution is 2.31. The van der Waals surface area contributed by atoms with Gasteiger partial charge in [-0.1, -0.05) is 12.1 Å². The van der Waals surface area contributed by atoms with Gasteiger partial charge in [0.1, 0.15) is 5.69 Å². The molecule has 0 radical (unpaired) electrons. The topological polar surface area (TPSA) is 49.6 Å². The van der Waals surface area contributed by atoms with Crippen molar-refractivity contribution in [2.45, 2.75) is 25.3 Å². The monoisotopic (exact) mass is 261 g/mol. The summed E-state index contributed by atoms with van der Waals surface area (Å²) in [6.45, 7) is 4.22. The standard InChI is InChI=1S/C14H19N3O2/c18-17(19)14-6-2-1-5-13(14)16-10-7-12(11-16)15-8-3-4-9-15/h1-2,5-6,12H,3-4,7-11H2. The molecule has 5 heteroatoms. The number of para-hydroxylation sites is 2. The third kappa shape index (κ3) is 2.42. The van der Waals surface area contributed by atoms with Gasteiger partial charge in [0.05, 0.1) is 4.92 Å². The van der Waals surface area contributed by atoms with Gasteiger partial charge in [-0.25, -0.2) is 0 Å². The fraction of sp³-hybridized carbons (Fsp3) is 0.571. The second kappa shape index (κ2) is 5.17. The molecule has 2 saturated heterocycles. The first-order valence-corrected chi connectivity index (χ1v) is 6.98. The third-order valence-corrected chi connectivity index (χ3v) is 4.24. The molecule has 2 aliphatic heterocycles. The first kappa shape index (κ1) is 12.4. The molecule has 2 fully saturated rings. The first-order valence-electron chi connectivity index (χ1n) is 6.98. The number of nitrogens with zero attached hydrogens (tertiary/aromatic N) is 3. The molecule has 2 heterocycles. The molecule has 3 rings (SSSR count). The van der Waals surface area contributed by atoms with Crippen molar-refractivity contribution >= 4 is 11.4 Å². The van der Waals surface area contributed by atoms with E-state index in [2.05, 4.69) is 9.80 Å². The average molecular weight is 261 g/mol. The van der Waals surface area contributed by atoms with Gasteiger partial charge in [0.2, 0.25) is 0 Å². The summed E-state index contributed by atoms with van der Waals surface area (Å²) in [6, 6.07) is 7.65. The van der Waals surface area contributed by atoms with E-state index in [1.54, 1.807) is 12.1 Å². The zero-order valence-electron chi connectivity index (χ0n) is 11.0. The van der Waals surface area contributed by atoms with Crippen molar-refractivity contribution < 1.29 is 4.92 Å². The van der Waals surface area contributed by atoms with Crippen LogP contribution < -0.4 is 4.90 Å². The van der Waals surface area contributed by atoms with Gasteiger partial charge in [0.15, 0.2) is 0 Å². The lowest BCUT2D eigenvalue weighted by Gasteiger charge is -2.24. The van der Waals surface area contributed by atoms with Crippen LogP contribution in [0.5, 0.6) is 0 Å². The summed E-state index contributed by atoms with van der Waals surface area (Å²) < 4.78 is 0. The lowest BCUT2D eigenvalue weighted by atomic mass is 10.2. The van der Waals surface area contributed by atoms with E-state index in [1.165, 1.54) is 25.9 Å². The van der Waals surface area contributed by atoms with Crippen LogP contribution in [0, 0.1) is 10.1 Å². The highest BCUT2D eigenvalue weighted by Gasteiger charge is 2.31. The normalized spacial score (nSPS) is 24.0. The fourth-order valence-corrected chi connectivity index (χ4v) is 3.25. The van der Waals surface area contributed by atoms with E-state index in [4.69, 9.17) is 0 Å². The summed E-state index contributed by atoms with van der Waals surface area (Å²) in [6.07, 6.45) is 3.70. The van der Waals surface area contributed by atoms with Gasteiger partial charge < -0.3 is 4.90 Å². The zero-order chi connectivity index (χ0) is 13.2. The summed E-state index contributed by atoms with van der Waals surface area (Å²) in [5.74, 6) is 0. The first-order chi connectivity index (χ1) is 9.25. The molecule has 0 aromatic heterocycles. The van der Waals surface area contributed by atoms with Gasteiger partial charge >= 0.3 is 0 Å². The van der Waals surface area contributed by atoms with Gasteiger partial charge in [0, 0.05) is 25.2 Å². The molecule has 0 saturated carbocycles. The summed E-state index contributed by atoms with van der Waals surface area (Å²) in [5.41, 5.74) is 0.999. The van der Waals surface area contributed by atoms with Gasteiger partial charge in [-0.2, -0.15) is 0 Å². The van der Waals surface area contributed by atoms with Gasteiger partial charge in [0.25, 0.3) is 5.69 Å². The van der Waals surface area contributed by atoms with Gasteiger partial charge in [-0.05, 0) is 38.4 Å². The SMILES string of the molecule is O=[N+]([O-])c1ccccc1N1CCC(N2CCCC2)C1. The predicted octanol–water partition coefficient (Wildman–Crippen LogP) is 2.27. The second-order valence-corrected chi connectivity index (χ2v) is 5.38. The molecule has 0 aliphatic carbocycles. The van der Waals surface area contributed by atoms with Gasteiger partial charge in [-0.15, -0.1) is 0 Å². The van der Waals surface area contributed by atoms with E-state index in [0.717, 1.165) is 25.2 Å². The Morgan fingerprint density at radius 3 is 2.63 bits per heavy atom. The van der Waals surface area contributed by atoms with E-state index in [0.29, 0.717) is 6.04 Å². The largest absolute Gasteiger partial charge is 0.364 e. The molecule has 1 atom stereocenters. The number of nitro benzene ring substituents is 1. The van der Waals surface area contributed by atoms with Crippen LogP contribution >= 0.6 is 0 Å². The maximum atomic E-state index is 11.1. The van der Waals surface area contributed by atoms with Crippen LogP contribution in [-0.2, 0) is 0 Å². The van der Waals surface area contributed by atoms with Crippen LogP contribution in [0.1, 0.15) is 19.3 Å². The lowest BCUT2D eigenvalue weighted by Crippen LogP contribution is -2.35. The number of hydrogen-bond acceptors (Lipinski definition) is 4. The molecule has 1 aromatic carbocycles. The Labute approximate surface area is 113 Å². The Morgan fingerprint density at radius 1 is 1.16 bits per heavy atom. The number of benzene rings is 1. The number of rotatable bonds is 3. The van der Waals surface area contributed by atoms with E-state index in [1.807, 2.05) is 12.1 Å². The van der Waals surface area contributed by atoms with Gasteiger partial charge in [-0.3, -0.25) is 15.0 Å². The van der Waals surface area contributed by atoms with Crippen molar-refractivity contribution in [2.75, 3.05) is 31.1 Å². The highest BCUT2D eigenvalue weighted by atomic mass is 16.6. The van der Waals surface area contributed by atoms with Crippen LogP contribution in [0.3, 0.4) is 0 Å². The summed E-state index contributed by atoms with van der Waals surface area (Å²) in [7, 11) is 0. The van der Waals surface area contributed by atoms with E-state index >= 15 is 0 Å². The minimum absolute atomic E-state index is 0.226. The number of anilines is 1. The Balaban J connectivity index is 1.75. The molecule has 1 aromatic rings. The van der Waals surface area contributed by atoms with Crippen LogP contribution in [0.2, 0.25) is 0 Å². The molecule has 0 N–H and O–H groups in total. The molecule has 5 nitrogen and oxygen atoms in total. The third-order valence-electron chi connectivity index (χ3n) is 4.24. The quantitative estimate of drug-likeness (QED) is 0.618. The summed E-state index contributed by atoms with van der Waals surface area (Å²) >= 11 is 0. The molecule has 19 heavy (non-hydrogen) atoms. The molecular formula is C14H19N3O2. The molecule has 1 unspecified atom stereocenters. The van der Waals surface area contributed by atoms with Crippen molar-refractivity contribution in [1.82, 2.24) is 4.90 Å². The minimum Gasteiger partial charge on any atom is -0.364 e. The molecule has 0 spiro atoms. The average Bonchev–Trinajstić information content (AvgIpc) is 3.09. The Kier molecular flexibility index (Phi) is 3.38. The molecule has 0 bridgehead atoms. The Hall–Kier alpha value is -1.62. The van der Waals surface area contributed by atoms with Crippen molar-refractivity contribution in [2.24, 2.45) is 0 Å². The molecular weight excluding hydrogens is 242 g/mol. The zero-order valence-corrected chi connectivity index (χ0v) is 11.0. The predicted molar refractivity (Wildman–Crippen MR) is 74.5 cm³/mol. The Morgan fingerprint density at radius 2 is 1.89 bits per heavy atom. The van der Waals surface area contributed by atoms with Crippen molar-refractivity contribution in [3.05, 3.63) is 34.4 Å². The van der Waals surface area contributed by atoms with Crippen molar-refractivity contribution in [3.63, 3.8) is 0 Å². The van der Waals surface area contributed by atoms with Crippen LogP contribution in [0.25, 0.3) is 0 Å². The van der Waals surface area contributed by atoms with E-state index in [-0.39, 0.29) is 10.6 Å². The highest BCUT2D eigenvalue weighted by molar-refractivity contribution is 5.63. The summed E-state index contributed by atoms with van der Waals surface area (Å²) in [4.78, 5) is 15.5. The Bertz CT molecular complexity index is 472. The smallest absolute Gasteiger partial charge is 0.292 e.